The number of hydrogen-bond donors (Lipinski definition) is 1. The molecule has 1 aromatic heterocycles. The molecule has 0 radical (unpaired) electrons. The van der Waals surface area contributed by atoms with E-state index in [1.165, 1.54) is 18.8 Å². The van der Waals surface area contributed by atoms with Gasteiger partial charge < -0.3 is 24.3 Å². The Labute approximate surface area is 186 Å². The molecule has 0 aliphatic heterocycles. The average Bonchev–Trinajstić information content (AvgIpc) is 2.82. The van der Waals surface area contributed by atoms with E-state index in [1.807, 2.05) is 6.92 Å². The summed E-state index contributed by atoms with van der Waals surface area (Å²) in [6, 6.07) is 10.4. The highest BCUT2D eigenvalue weighted by Gasteiger charge is 2.19. The van der Waals surface area contributed by atoms with Crippen LogP contribution in [-0.4, -0.2) is 51.6 Å². The average molecular weight is 440 g/mol. The molecule has 1 heterocycles. The molecule has 8 heteroatoms. The van der Waals surface area contributed by atoms with Crippen LogP contribution in [0.5, 0.6) is 17.2 Å². The third-order valence-electron chi connectivity index (χ3n) is 5.00. The Morgan fingerprint density at radius 3 is 2.25 bits per heavy atom. The maximum Gasteiger partial charge on any atom is 0.263 e. The Kier molecular flexibility index (Phi) is 7.72. The lowest BCUT2D eigenvalue weighted by atomic mass is 10.0. The lowest BCUT2D eigenvalue weighted by Crippen LogP contribution is -2.28. The number of carbonyl (C=O) groups is 1. The fourth-order valence-corrected chi connectivity index (χ4v) is 3.42. The predicted molar refractivity (Wildman–Crippen MR) is 123 cm³/mol. The van der Waals surface area contributed by atoms with Crippen molar-refractivity contribution in [3.8, 4) is 22.9 Å². The molecular formula is C24H28N2O6. The van der Waals surface area contributed by atoms with Crippen LogP contribution >= 0.6 is 0 Å². The molecule has 0 saturated carbocycles. The molecule has 170 valence electrons. The first-order valence-corrected chi connectivity index (χ1v) is 10.4. The summed E-state index contributed by atoms with van der Waals surface area (Å²) in [5, 5.41) is 3.72. The van der Waals surface area contributed by atoms with Crippen LogP contribution in [0.25, 0.3) is 16.5 Å². The van der Waals surface area contributed by atoms with Crippen LogP contribution < -0.4 is 25.1 Å². The van der Waals surface area contributed by atoms with E-state index < -0.39 is 0 Å². The molecule has 0 saturated heterocycles. The smallest absolute Gasteiger partial charge is 0.263 e. The van der Waals surface area contributed by atoms with E-state index in [2.05, 4.69) is 5.32 Å². The topological polar surface area (TPSA) is 88.0 Å². The minimum Gasteiger partial charge on any atom is -0.494 e. The fraction of sp³-hybridized carbons (Fsp3) is 0.333. The lowest BCUT2D eigenvalue weighted by Gasteiger charge is -2.15. The first-order chi connectivity index (χ1) is 15.5. The molecule has 0 fully saturated rings. The second-order valence-corrected chi connectivity index (χ2v) is 7.00. The van der Waals surface area contributed by atoms with Crippen LogP contribution in [0.3, 0.4) is 0 Å². The first kappa shape index (κ1) is 23.1. The molecule has 1 amide bonds. The Balaban J connectivity index is 2.16. The molecule has 2 aromatic carbocycles. The van der Waals surface area contributed by atoms with Gasteiger partial charge in [-0.25, -0.2) is 0 Å². The van der Waals surface area contributed by atoms with Gasteiger partial charge in [-0.1, -0.05) is 0 Å². The van der Waals surface area contributed by atoms with E-state index in [-0.39, 0.29) is 11.5 Å². The first-order valence-electron chi connectivity index (χ1n) is 10.4. The molecule has 1 N–H and O–H groups in total. The number of fused-ring (bicyclic) bond motifs is 1. The van der Waals surface area contributed by atoms with Crippen LogP contribution in [0, 0.1) is 0 Å². The molecular weight excluding hydrogens is 412 g/mol. The van der Waals surface area contributed by atoms with Crippen LogP contribution in [0.1, 0.15) is 23.7 Å². The van der Waals surface area contributed by atoms with Crippen LogP contribution in [0.15, 0.2) is 47.4 Å². The van der Waals surface area contributed by atoms with Gasteiger partial charge in [0.15, 0.2) is 11.5 Å². The molecule has 3 rings (SSSR count). The molecule has 0 spiro atoms. The van der Waals surface area contributed by atoms with Gasteiger partial charge in [-0.05, 0) is 49.7 Å². The molecule has 0 atom stereocenters. The Bertz CT molecular complexity index is 1140. The molecule has 0 bridgehead atoms. The number of methoxy groups -OCH3 is 3. The number of rotatable bonds is 10. The van der Waals surface area contributed by atoms with Crippen molar-refractivity contribution >= 4 is 16.7 Å². The zero-order valence-electron chi connectivity index (χ0n) is 18.8. The summed E-state index contributed by atoms with van der Waals surface area (Å²) in [7, 11) is 4.62. The third-order valence-corrected chi connectivity index (χ3v) is 5.00. The number of amides is 1. The van der Waals surface area contributed by atoms with Gasteiger partial charge >= 0.3 is 0 Å². The minimum absolute atomic E-state index is 0.277. The zero-order chi connectivity index (χ0) is 23.1. The van der Waals surface area contributed by atoms with Gasteiger partial charge in [-0.3, -0.25) is 14.2 Å². The Morgan fingerprint density at radius 2 is 1.66 bits per heavy atom. The number of ether oxygens (including phenoxy) is 4. The number of nitrogens with zero attached hydrogens (tertiary/aromatic N) is 1. The second kappa shape index (κ2) is 10.7. The molecule has 32 heavy (non-hydrogen) atoms. The quantitative estimate of drug-likeness (QED) is 0.487. The van der Waals surface area contributed by atoms with Crippen LogP contribution in [0.4, 0.5) is 0 Å². The molecule has 0 aliphatic carbocycles. The third kappa shape index (κ3) is 4.86. The van der Waals surface area contributed by atoms with Gasteiger partial charge in [0.05, 0.1) is 31.8 Å². The summed E-state index contributed by atoms with van der Waals surface area (Å²) < 4.78 is 22.7. The van der Waals surface area contributed by atoms with E-state index in [9.17, 15) is 9.59 Å². The summed E-state index contributed by atoms with van der Waals surface area (Å²) in [6.45, 7) is 3.44. The summed E-state index contributed by atoms with van der Waals surface area (Å²) in [4.78, 5) is 26.4. The van der Waals surface area contributed by atoms with E-state index >= 15 is 0 Å². The monoisotopic (exact) mass is 440 g/mol. The van der Waals surface area contributed by atoms with Crippen molar-refractivity contribution in [2.75, 3.05) is 41.1 Å². The largest absolute Gasteiger partial charge is 0.494 e. The number of nitrogens with one attached hydrogen (secondary N) is 1. The normalized spacial score (nSPS) is 10.8. The van der Waals surface area contributed by atoms with Crippen molar-refractivity contribution < 1.29 is 23.7 Å². The highest BCUT2D eigenvalue weighted by molar-refractivity contribution is 6.07. The fourth-order valence-electron chi connectivity index (χ4n) is 3.42. The zero-order valence-corrected chi connectivity index (χ0v) is 18.8. The predicted octanol–water partition coefficient (Wildman–Crippen LogP) is 3.17. The summed E-state index contributed by atoms with van der Waals surface area (Å²) in [5.74, 6) is 1.25. The lowest BCUT2D eigenvalue weighted by molar-refractivity contribution is 0.0949. The van der Waals surface area contributed by atoms with E-state index in [0.29, 0.717) is 65.5 Å². The Hall–Kier alpha value is -3.52. The van der Waals surface area contributed by atoms with Crippen LogP contribution in [-0.2, 0) is 4.74 Å². The van der Waals surface area contributed by atoms with Gasteiger partial charge in [0, 0.05) is 37.5 Å². The number of hydrogen-bond acceptors (Lipinski definition) is 6. The van der Waals surface area contributed by atoms with Crippen molar-refractivity contribution in [1.29, 1.82) is 0 Å². The summed E-state index contributed by atoms with van der Waals surface area (Å²) in [5.41, 5.74) is 0.691. The number of carbonyl (C=O) groups excluding carboxylic acids is 1. The summed E-state index contributed by atoms with van der Waals surface area (Å²) >= 11 is 0. The maximum absolute atomic E-state index is 13.4. The van der Waals surface area contributed by atoms with E-state index in [1.54, 1.807) is 49.7 Å². The molecule has 0 aliphatic rings. The summed E-state index contributed by atoms with van der Waals surface area (Å²) in [6.07, 6.45) is 2.23. The highest BCUT2D eigenvalue weighted by Crippen LogP contribution is 2.32. The van der Waals surface area contributed by atoms with Gasteiger partial charge in [0.25, 0.3) is 11.5 Å². The van der Waals surface area contributed by atoms with E-state index in [4.69, 9.17) is 18.9 Å². The van der Waals surface area contributed by atoms with Gasteiger partial charge in [0.1, 0.15) is 5.75 Å². The SMILES string of the molecule is CCOc1ccc(-n2cc(C(=O)NCCCOC)c3cc(OC)c(OC)cc3c2=O)cc1. The van der Waals surface area contributed by atoms with Gasteiger partial charge in [0.2, 0.25) is 0 Å². The van der Waals surface area contributed by atoms with Crippen LogP contribution in [0.2, 0.25) is 0 Å². The minimum atomic E-state index is -0.294. The number of pyridine rings is 1. The molecule has 3 aromatic rings. The maximum atomic E-state index is 13.4. The molecule has 8 nitrogen and oxygen atoms in total. The standard InChI is InChI=1S/C24H28N2O6/c1-5-32-17-9-7-16(8-10-17)26-15-20(23(27)25-11-6-12-29-2)18-13-21(30-3)22(31-4)14-19(18)24(26)28/h7-10,13-15H,5-6,11-12H2,1-4H3,(H,25,27). The van der Waals surface area contributed by atoms with Crippen molar-refractivity contribution in [3.63, 3.8) is 0 Å². The van der Waals surface area contributed by atoms with Crippen molar-refractivity contribution in [2.24, 2.45) is 0 Å². The van der Waals surface area contributed by atoms with Crippen molar-refractivity contribution in [2.45, 2.75) is 13.3 Å². The number of aromatic nitrogens is 1. The Morgan fingerprint density at radius 1 is 1.00 bits per heavy atom. The number of benzene rings is 2. The molecule has 0 unspecified atom stereocenters. The van der Waals surface area contributed by atoms with E-state index in [0.717, 1.165) is 0 Å². The van der Waals surface area contributed by atoms with Crippen molar-refractivity contribution in [3.05, 3.63) is 58.5 Å². The van der Waals surface area contributed by atoms with Gasteiger partial charge in [-0.2, -0.15) is 0 Å². The van der Waals surface area contributed by atoms with Crippen molar-refractivity contribution in [1.82, 2.24) is 9.88 Å². The highest BCUT2D eigenvalue weighted by atomic mass is 16.5. The van der Waals surface area contributed by atoms with Gasteiger partial charge in [-0.15, -0.1) is 0 Å². The second-order valence-electron chi connectivity index (χ2n) is 7.00.